The van der Waals surface area contributed by atoms with Crippen LogP contribution < -0.4 is 14.2 Å². The lowest BCUT2D eigenvalue weighted by molar-refractivity contribution is -0.140. The zero-order chi connectivity index (χ0) is 31.9. The average Bonchev–Trinajstić information content (AvgIpc) is 3.02. The molecule has 0 aliphatic carbocycles. The van der Waals surface area contributed by atoms with E-state index < -0.39 is 43.1 Å². The smallest absolute Gasteiger partial charge is 0.341 e. The molecule has 0 aliphatic heterocycles. The van der Waals surface area contributed by atoms with Gasteiger partial charge in [0.2, 0.25) is 0 Å². The van der Waals surface area contributed by atoms with Gasteiger partial charge in [-0.1, -0.05) is 74.5 Å². The molecule has 0 saturated carbocycles. The number of carbonyl (C=O) groups is 3. The molecule has 4 aromatic carbocycles. The zero-order valence-corrected chi connectivity index (χ0v) is 24.7. The van der Waals surface area contributed by atoms with E-state index in [1.54, 1.807) is 36.4 Å². The number of hydrogen-bond acceptors (Lipinski definition) is 6. The average molecular weight is 599 g/mol. The van der Waals surface area contributed by atoms with E-state index in [-0.39, 0.29) is 5.41 Å². The zero-order valence-electron chi connectivity index (χ0n) is 24.7. The third-order valence-corrected chi connectivity index (χ3v) is 7.71. The first-order chi connectivity index (χ1) is 20.9. The normalized spacial score (nSPS) is 11.4. The van der Waals surface area contributed by atoms with Gasteiger partial charge in [-0.3, -0.25) is 0 Å². The number of carboxylic acids is 3. The van der Waals surface area contributed by atoms with Gasteiger partial charge in [-0.05, 0) is 71.1 Å². The molecule has 0 bridgehead atoms. The van der Waals surface area contributed by atoms with Crippen molar-refractivity contribution in [3.8, 4) is 17.2 Å². The van der Waals surface area contributed by atoms with Crippen LogP contribution in [0.15, 0.2) is 97.1 Å². The highest BCUT2D eigenvalue weighted by Gasteiger charge is 2.32. The Labute approximate surface area is 255 Å². The van der Waals surface area contributed by atoms with Gasteiger partial charge in [-0.25, -0.2) is 14.4 Å². The van der Waals surface area contributed by atoms with Crippen molar-refractivity contribution in [2.75, 3.05) is 19.8 Å². The summed E-state index contributed by atoms with van der Waals surface area (Å²) < 4.78 is 15.9. The molecule has 0 unspecified atom stereocenters. The van der Waals surface area contributed by atoms with Gasteiger partial charge in [0.15, 0.2) is 19.8 Å². The minimum atomic E-state index is -1.06. The Kier molecular flexibility index (Phi) is 9.58. The molecule has 44 heavy (non-hydrogen) atoms. The number of ether oxygens (including phenoxy) is 3. The van der Waals surface area contributed by atoms with Crippen molar-refractivity contribution in [1.29, 1.82) is 0 Å². The van der Waals surface area contributed by atoms with Gasteiger partial charge in [0.05, 0.1) is 0 Å². The van der Waals surface area contributed by atoms with Crippen molar-refractivity contribution in [3.05, 3.63) is 125 Å². The fourth-order valence-corrected chi connectivity index (χ4v) is 5.06. The maximum atomic E-state index is 10.9. The molecule has 0 fully saturated rings. The molecule has 4 aromatic rings. The van der Waals surface area contributed by atoms with Crippen LogP contribution in [0, 0.1) is 0 Å². The molecular formula is C35H34O9. The molecule has 228 valence electrons. The van der Waals surface area contributed by atoms with Crippen molar-refractivity contribution in [2.24, 2.45) is 0 Å². The topological polar surface area (TPSA) is 140 Å². The lowest BCUT2D eigenvalue weighted by Gasteiger charge is -2.33. The quantitative estimate of drug-likeness (QED) is 0.155. The van der Waals surface area contributed by atoms with Gasteiger partial charge in [-0.15, -0.1) is 0 Å². The SMILES string of the molecule is CC(C)(c1ccc(OCC(=O)O)cc1)c1ccc(C(C)(c2ccc(OCC(=O)O)cc2)c2ccc(OCC(=O)O)cc2)cc1. The molecule has 9 heteroatoms. The number of rotatable bonds is 14. The molecule has 3 N–H and O–H groups in total. The highest BCUT2D eigenvalue weighted by molar-refractivity contribution is 5.69. The van der Waals surface area contributed by atoms with E-state index in [4.69, 9.17) is 29.5 Å². The van der Waals surface area contributed by atoms with Crippen molar-refractivity contribution in [3.63, 3.8) is 0 Å². The molecule has 0 heterocycles. The minimum Gasteiger partial charge on any atom is -0.482 e. The van der Waals surface area contributed by atoms with Crippen LogP contribution in [-0.2, 0) is 25.2 Å². The molecule has 0 spiro atoms. The van der Waals surface area contributed by atoms with E-state index in [1.165, 1.54) is 0 Å². The minimum absolute atomic E-state index is 0.369. The lowest BCUT2D eigenvalue weighted by atomic mass is 9.70. The van der Waals surface area contributed by atoms with Gasteiger partial charge in [0.1, 0.15) is 17.2 Å². The van der Waals surface area contributed by atoms with Crippen LogP contribution >= 0.6 is 0 Å². The third-order valence-electron chi connectivity index (χ3n) is 7.71. The summed E-state index contributed by atoms with van der Waals surface area (Å²) in [5, 5.41) is 26.8. The summed E-state index contributed by atoms with van der Waals surface area (Å²) in [7, 11) is 0. The summed E-state index contributed by atoms with van der Waals surface area (Å²) in [5.74, 6) is -1.80. The third kappa shape index (κ3) is 7.36. The lowest BCUT2D eigenvalue weighted by Crippen LogP contribution is -2.26. The fraction of sp³-hybridized carbons (Fsp3) is 0.229. The highest BCUT2D eigenvalue weighted by atomic mass is 16.5. The number of benzene rings is 4. The first kappa shape index (κ1) is 31.6. The second-order valence-corrected chi connectivity index (χ2v) is 10.9. The maximum Gasteiger partial charge on any atom is 0.341 e. The van der Waals surface area contributed by atoms with Crippen LogP contribution in [0.2, 0.25) is 0 Å². The molecule has 0 radical (unpaired) electrons. The van der Waals surface area contributed by atoms with Gasteiger partial charge < -0.3 is 29.5 Å². The molecule has 4 rings (SSSR count). The van der Waals surface area contributed by atoms with Crippen LogP contribution in [-0.4, -0.2) is 53.0 Å². The largest absolute Gasteiger partial charge is 0.482 e. The predicted octanol–water partition coefficient (Wildman–Crippen LogP) is 5.76. The van der Waals surface area contributed by atoms with Crippen LogP contribution in [0.1, 0.15) is 48.6 Å². The van der Waals surface area contributed by atoms with Crippen LogP contribution in [0.5, 0.6) is 17.2 Å². The molecular weight excluding hydrogens is 564 g/mol. The molecule has 0 aromatic heterocycles. The number of aliphatic carboxylic acids is 3. The first-order valence-corrected chi connectivity index (χ1v) is 13.9. The summed E-state index contributed by atoms with van der Waals surface area (Å²) in [6.07, 6.45) is 0. The van der Waals surface area contributed by atoms with Crippen LogP contribution in [0.25, 0.3) is 0 Å². The van der Waals surface area contributed by atoms with Gasteiger partial charge in [0, 0.05) is 10.8 Å². The first-order valence-electron chi connectivity index (χ1n) is 13.9. The Morgan fingerprint density at radius 3 is 0.955 bits per heavy atom. The Hall–Kier alpha value is -5.31. The van der Waals surface area contributed by atoms with Crippen molar-refractivity contribution >= 4 is 17.9 Å². The van der Waals surface area contributed by atoms with Gasteiger partial charge >= 0.3 is 17.9 Å². The Balaban J connectivity index is 1.67. The van der Waals surface area contributed by atoms with Gasteiger partial charge in [0.25, 0.3) is 0 Å². The van der Waals surface area contributed by atoms with E-state index in [2.05, 4.69) is 45.0 Å². The van der Waals surface area contributed by atoms with E-state index >= 15 is 0 Å². The van der Waals surface area contributed by atoms with Crippen LogP contribution in [0.3, 0.4) is 0 Å². The molecule has 9 nitrogen and oxygen atoms in total. The standard InChI is InChI=1S/C35H34O9/c1-34(2,24-8-14-28(15-9-24)42-20-31(36)37)23-4-6-25(7-5-23)35(3,26-10-16-29(17-11-26)43-21-32(38)39)27-12-18-30(19-13-27)44-22-33(40)41/h4-19H,20-22H2,1-3H3,(H,36,37)(H,38,39)(H,40,41). The predicted molar refractivity (Wildman–Crippen MR) is 163 cm³/mol. The molecule has 0 atom stereocenters. The van der Waals surface area contributed by atoms with E-state index in [1.807, 2.05) is 36.4 Å². The monoisotopic (exact) mass is 598 g/mol. The van der Waals surface area contributed by atoms with Crippen molar-refractivity contribution < 1.29 is 43.9 Å². The summed E-state index contributed by atoms with van der Waals surface area (Å²) in [5.41, 5.74) is 3.94. The Morgan fingerprint density at radius 2 is 0.682 bits per heavy atom. The van der Waals surface area contributed by atoms with Gasteiger partial charge in [-0.2, -0.15) is 0 Å². The Bertz CT molecular complexity index is 1530. The second-order valence-electron chi connectivity index (χ2n) is 10.9. The summed E-state index contributed by atoms with van der Waals surface area (Å²) in [6.45, 7) is 5.02. The molecule has 0 amide bonds. The summed E-state index contributed by atoms with van der Waals surface area (Å²) in [6, 6.07) is 30.2. The maximum absolute atomic E-state index is 10.9. The van der Waals surface area contributed by atoms with E-state index in [9.17, 15) is 14.4 Å². The summed E-state index contributed by atoms with van der Waals surface area (Å²) >= 11 is 0. The second kappa shape index (κ2) is 13.3. The van der Waals surface area contributed by atoms with E-state index in [0.29, 0.717) is 17.2 Å². The van der Waals surface area contributed by atoms with Crippen molar-refractivity contribution in [1.82, 2.24) is 0 Å². The number of carboxylic acid groups (broad SMARTS) is 3. The number of hydrogen-bond donors (Lipinski definition) is 3. The fourth-order valence-electron chi connectivity index (χ4n) is 5.06. The van der Waals surface area contributed by atoms with E-state index in [0.717, 1.165) is 27.8 Å². The van der Waals surface area contributed by atoms with Crippen LogP contribution in [0.4, 0.5) is 0 Å². The molecule has 0 aliphatic rings. The summed E-state index contributed by atoms with van der Waals surface area (Å²) in [4.78, 5) is 32.7. The molecule has 0 saturated heterocycles. The Morgan fingerprint density at radius 1 is 0.455 bits per heavy atom. The highest BCUT2D eigenvalue weighted by Crippen LogP contribution is 2.41. The van der Waals surface area contributed by atoms with Crippen molar-refractivity contribution in [2.45, 2.75) is 31.6 Å².